The molecule has 0 aliphatic heterocycles. The van der Waals surface area contributed by atoms with E-state index in [1.165, 1.54) is 0 Å². The first-order valence-corrected chi connectivity index (χ1v) is 5.41. The van der Waals surface area contributed by atoms with Gasteiger partial charge in [-0.3, -0.25) is 9.59 Å². The summed E-state index contributed by atoms with van der Waals surface area (Å²) in [6.45, 7) is 5.20. The van der Waals surface area contributed by atoms with E-state index in [0.717, 1.165) is 0 Å². The van der Waals surface area contributed by atoms with Crippen molar-refractivity contribution in [3.63, 3.8) is 0 Å². The zero-order valence-electron chi connectivity index (χ0n) is 10.2. The minimum Gasteiger partial charge on any atom is -0.481 e. The summed E-state index contributed by atoms with van der Waals surface area (Å²) in [4.78, 5) is 23.0. The number of hydrogen-bond acceptors (Lipinski definition) is 2. The van der Waals surface area contributed by atoms with E-state index in [1.54, 1.807) is 45.0 Å². The van der Waals surface area contributed by atoms with Gasteiger partial charge >= 0.3 is 5.97 Å². The lowest BCUT2D eigenvalue weighted by atomic mass is 9.80. The molecule has 0 radical (unpaired) electrons. The van der Waals surface area contributed by atoms with Crippen LogP contribution in [-0.2, 0) is 9.59 Å². The van der Waals surface area contributed by atoms with E-state index in [4.69, 9.17) is 5.11 Å². The molecule has 1 aromatic carbocycles. The number of carbonyl (C=O) groups excluding carboxylic acids is 1. The molecule has 0 saturated carbocycles. The highest BCUT2D eigenvalue weighted by Crippen LogP contribution is 2.27. The van der Waals surface area contributed by atoms with Crippen LogP contribution in [0.5, 0.6) is 0 Å². The molecule has 0 spiro atoms. The van der Waals surface area contributed by atoms with Crippen molar-refractivity contribution in [1.82, 2.24) is 0 Å². The molecular formula is C13H17NO3. The highest BCUT2D eigenvalue weighted by molar-refractivity contribution is 6.04. The summed E-state index contributed by atoms with van der Waals surface area (Å²) in [5.74, 6) is -2.66. The highest BCUT2D eigenvalue weighted by Gasteiger charge is 2.37. The first kappa shape index (κ1) is 13.2. The Labute approximate surface area is 101 Å². The van der Waals surface area contributed by atoms with Gasteiger partial charge in [0.2, 0.25) is 5.91 Å². The lowest BCUT2D eigenvalue weighted by molar-refractivity contribution is -0.149. The Kier molecular flexibility index (Phi) is 3.89. The average Bonchev–Trinajstić information content (AvgIpc) is 2.15. The number of carbonyl (C=O) groups is 2. The van der Waals surface area contributed by atoms with Crippen LogP contribution in [0.25, 0.3) is 0 Å². The lowest BCUT2D eigenvalue weighted by Gasteiger charge is -2.25. The molecule has 0 aliphatic rings. The Bertz CT molecular complexity index is 406. The number of benzene rings is 1. The summed E-state index contributed by atoms with van der Waals surface area (Å²) in [5, 5.41) is 11.7. The Morgan fingerprint density at radius 3 is 2.12 bits per heavy atom. The molecule has 0 bridgehead atoms. The molecule has 0 aliphatic carbocycles. The Morgan fingerprint density at radius 1 is 1.18 bits per heavy atom. The van der Waals surface area contributed by atoms with Crippen LogP contribution in [0, 0.1) is 11.3 Å². The first-order valence-electron chi connectivity index (χ1n) is 5.41. The fourth-order valence-electron chi connectivity index (χ4n) is 1.61. The van der Waals surface area contributed by atoms with E-state index in [0.29, 0.717) is 5.69 Å². The van der Waals surface area contributed by atoms with Crippen molar-refractivity contribution in [3.8, 4) is 0 Å². The first-order chi connectivity index (χ1) is 7.82. The molecule has 2 N–H and O–H groups in total. The number of rotatable bonds is 3. The van der Waals surface area contributed by atoms with Gasteiger partial charge < -0.3 is 10.4 Å². The monoisotopic (exact) mass is 235 g/mol. The summed E-state index contributed by atoms with van der Waals surface area (Å²) in [6.07, 6.45) is 0. The largest absolute Gasteiger partial charge is 0.481 e. The number of amides is 1. The summed E-state index contributed by atoms with van der Waals surface area (Å²) in [6, 6.07) is 8.83. The fraction of sp³-hybridized carbons (Fsp3) is 0.385. The minimum atomic E-state index is -1.11. The smallest absolute Gasteiger partial charge is 0.316 e. The van der Waals surface area contributed by atoms with Crippen molar-refractivity contribution in [2.75, 3.05) is 5.32 Å². The van der Waals surface area contributed by atoms with E-state index in [-0.39, 0.29) is 0 Å². The molecular weight excluding hydrogens is 218 g/mol. The molecule has 17 heavy (non-hydrogen) atoms. The second-order valence-electron chi connectivity index (χ2n) is 4.99. The zero-order valence-corrected chi connectivity index (χ0v) is 10.2. The molecule has 0 heterocycles. The van der Waals surface area contributed by atoms with E-state index in [2.05, 4.69) is 5.32 Å². The normalized spacial score (nSPS) is 12.9. The molecule has 0 aromatic heterocycles. The van der Waals surface area contributed by atoms with Crippen LogP contribution in [0.4, 0.5) is 5.69 Å². The highest BCUT2D eigenvalue weighted by atomic mass is 16.4. The molecule has 4 nitrogen and oxygen atoms in total. The molecule has 1 amide bonds. The van der Waals surface area contributed by atoms with Crippen LogP contribution in [0.2, 0.25) is 0 Å². The van der Waals surface area contributed by atoms with Gasteiger partial charge in [0.25, 0.3) is 0 Å². The van der Waals surface area contributed by atoms with Crippen molar-refractivity contribution in [1.29, 1.82) is 0 Å². The minimum absolute atomic E-state index is 0.490. The molecule has 1 unspecified atom stereocenters. The Morgan fingerprint density at radius 2 is 1.71 bits per heavy atom. The number of nitrogens with one attached hydrogen (secondary N) is 1. The van der Waals surface area contributed by atoms with Crippen molar-refractivity contribution in [3.05, 3.63) is 30.3 Å². The molecule has 1 rings (SSSR count). The Balaban J connectivity index is 2.84. The molecule has 92 valence electrons. The predicted molar refractivity (Wildman–Crippen MR) is 65.7 cm³/mol. The Hall–Kier alpha value is -1.84. The summed E-state index contributed by atoms with van der Waals surface area (Å²) < 4.78 is 0. The van der Waals surface area contributed by atoms with Gasteiger partial charge in [0.1, 0.15) is 5.92 Å². The third kappa shape index (κ3) is 3.59. The maximum atomic E-state index is 11.9. The summed E-state index contributed by atoms with van der Waals surface area (Å²) in [7, 11) is 0. The van der Waals surface area contributed by atoms with Gasteiger partial charge in [0, 0.05) is 5.69 Å². The average molecular weight is 235 g/mol. The number of para-hydroxylation sites is 1. The van der Waals surface area contributed by atoms with Crippen LogP contribution in [-0.4, -0.2) is 17.0 Å². The van der Waals surface area contributed by atoms with Crippen LogP contribution >= 0.6 is 0 Å². The third-order valence-corrected chi connectivity index (χ3v) is 2.42. The maximum absolute atomic E-state index is 11.9. The standard InChI is InChI=1S/C13H17NO3/c1-13(2,3)10(12(16)17)11(15)14-9-7-5-4-6-8-9/h4-8,10H,1-3H3,(H,14,15)(H,16,17). The van der Waals surface area contributed by atoms with Crippen molar-refractivity contribution >= 4 is 17.6 Å². The number of carboxylic acids is 1. The van der Waals surface area contributed by atoms with E-state index < -0.39 is 23.2 Å². The molecule has 1 aromatic rings. The zero-order chi connectivity index (χ0) is 13.1. The molecule has 0 saturated heterocycles. The maximum Gasteiger partial charge on any atom is 0.316 e. The predicted octanol–water partition coefficient (Wildman–Crippen LogP) is 2.37. The van der Waals surface area contributed by atoms with Gasteiger partial charge in [-0.15, -0.1) is 0 Å². The number of carboxylic acid groups (broad SMARTS) is 1. The SMILES string of the molecule is CC(C)(C)C(C(=O)O)C(=O)Nc1ccccc1. The van der Waals surface area contributed by atoms with Crippen LogP contribution in [0.3, 0.4) is 0 Å². The lowest BCUT2D eigenvalue weighted by Crippen LogP contribution is -2.39. The van der Waals surface area contributed by atoms with E-state index >= 15 is 0 Å². The summed E-state index contributed by atoms with van der Waals surface area (Å²) >= 11 is 0. The van der Waals surface area contributed by atoms with E-state index in [1.807, 2.05) is 6.07 Å². The summed E-state index contributed by atoms with van der Waals surface area (Å²) in [5.41, 5.74) is -0.0157. The third-order valence-electron chi connectivity index (χ3n) is 2.42. The van der Waals surface area contributed by atoms with Crippen LogP contribution < -0.4 is 5.32 Å². The van der Waals surface area contributed by atoms with Gasteiger partial charge in [-0.2, -0.15) is 0 Å². The van der Waals surface area contributed by atoms with E-state index in [9.17, 15) is 9.59 Å². The number of hydrogen-bond donors (Lipinski definition) is 2. The second kappa shape index (κ2) is 4.99. The quantitative estimate of drug-likeness (QED) is 0.790. The molecule has 1 atom stereocenters. The number of anilines is 1. The van der Waals surface area contributed by atoms with Crippen LogP contribution in [0.1, 0.15) is 20.8 Å². The molecule has 4 heteroatoms. The van der Waals surface area contributed by atoms with Gasteiger partial charge in [0.15, 0.2) is 0 Å². The van der Waals surface area contributed by atoms with Crippen LogP contribution in [0.15, 0.2) is 30.3 Å². The van der Waals surface area contributed by atoms with Crippen molar-refractivity contribution < 1.29 is 14.7 Å². The van der Waals surface area contributed by atoms with Gasteiger partial charge in [-0.25, -0.2) is 0 Å². The van der Waals surface area contributed by atoms with Crippen molar-refractivity contribution in [2.24, 2.45) is 11.3 Å². The molecule has 0 fully saturated rings. The van der Waals surface area contributed by atoms with Gasteiger partial charge in [0.05, 0.1) is 0 Å². The van der Waals surface area contributed by atoms with Crippen molar-refractivity contribution in [2.45, 2.75) is 20.8 Å². The van der Waals surface area contributed by atoms with Gasteiger partial charge in [-0.1, -0.05) is 39.0 Å². The number of aliphatic carboxylic acids is 1. The topological polar surface area (TPSA) is 66.4 Å². The second-order valence-corrected chi connectivity index (χ2v) is 4.99. The van der Waals surface area contributed by atoms with Gasteiger partial charge in [-0.05, 0) is 17.5 Å². The fourth-order valence-corrected chi connectivity index (χ4v) is 1.61.